The molecule has 1 aliphatic rings. The minimum absolute atomic E-state index is 0.232. The summed E-state index contributed by atoms with van der Waals surface area (Å²) in [5.41, 5.74) is 19.4. The van der Waals surface area contributed by atoms with Gasteiger partial charge in [0.1, 0.15) is 0 Å². The van der Waals surface area contributed by atoms with Gasteiger partial charge in [0.15, 0.2) is 5.82 Å². The first-order chi connectivity index (χ1) is 36.0. The average Bonchev–Trinajstić information content (AvgIpc) is 4.04. The van der Waals surface area contributed by atoms with Crippen LogP contribution in [-0.4, -0.2) is 19.1 Å². The van der Waals surface area contributed by atoms with Crippen LogP contribution in [0.2, 0.25) is 0 Å². The zero-order chi connectivity index (χ0) is 48.4. The van der Waals surface area contributed by atoms with Crippen molar-refractivity contribution in [3.8, 4) is 67.5 Å². The molecular weight excluding hydrogens is 885 g/mol. The number of fused-ring (bicyclic) bond motifs is 12. The Kier molecular flexibility index (Phi) is 8.97. The molecule has 0 saturated carbocycles. The van der Waals surface area contributed by atoms with Crippen molar-refractivity contribution in [2.75, 3.05) is 0 Å². The molecule has 0 spiro atoms. The van der Waals surface area contributed by atoms with Crippen molar-refractivity contribution < 1.29 is 0 Å². The summed E-state index contributed by atoms with van der Waals surface area (Å²) in [6.07, 6.45) is 0. The molecule has 0 saturated heterocycles. The van der Waals surface area contributed by atoms with Gasteiger partial charge in [0, 0.05) is 54.7 Å². The Morgan fingerprint density at radius 1 is 0.329 bits per heavy atom. The first-order valence-corrected chi connectivity index (χ1v) is 25.2. The van der Waals surface area contributed by atoms with Crippen LogP contribution in [0.25, 0.3) is 133 Å². The maximum atomic E-state index is 5.31. The molecule has 3 aromatic heterocycles. The van der Waals surface area contributed by atoms with E-state index in [0.717, 1.165) is 55.7 Å². The van der Waals surface area contributed by atoms with Crippen molar-refractivity contribution in [1.82, 2.24) is 19.1 Å². The van der Waals surface area contributed by atoms with Crippen LogP contribution in [0.3, 0.4) is 0 Å². The van der Waals surface area contributed by atoms with Gasteiger partial charge in [-0.15, -0.1) is 0 Å². The molecule has 0 unspecified atom stereocenters. The van der Waals surface area contributed by atoms with Crippen molar-refractivity contribution in [2.45, 2.75) is 19.3 Å². The van der Waals surface area contributed by atoms with E-state index in [1.165, 1.54) is 82.2 Å². The molecule has 342 valence electrons. The van der Waals surface area contributed by atoms with Gasteiger partial charge in [-0.1, -0.05) is 184 Å². The monoisotopic (exact) mass is 930 g/mol. The van der Waals surface area contributed by atoms with E-state index < -0.39 is 0 Å². The van der Waals surface area contributed by atoms with E-state index in [2.05, 4.69) is 254 Å². The maximum Gasteiger partial charge on any atom is 0.161 e. The van der Waals surface area contributed by atoms with Gasteiger partial charge in [0.25, 0.3) is 0 Å². The third-order valence-electron chi connectivity index (χ3n) is 15.7. The number of rotatable bonds is 6. The summed E-state index contributed by atoms with van der Waals surface area (Å²) in [7, 11) is 0. The van der Waals surface area contributed by atoms with Crippen LogP contribution in [0.15, 0.2) is 243 Å². The van der Waals surface area contributed by atoms with Gasteiger partial charge in [-0.3, -0.25) is 0 Å². The van der Waals surface area contributed by atoms with Crippen LogP contribution in [0.4, 0.5) is 0 Å². The smallest absolute Gasteiger partial charge is 0.161 e. The Morgan fingerprint density at radius 2 is 0.863 bits per heavy atom. The van der Waals surface area contributed by atoms with Crippen molar-refractivity contribution in [1.29, 1.82) is 0 Å². The van der Waals surface area contributed by atoms with Gasteiger partial charge in [-0.25, -0.2) is 9.97 Å². The summed E-state index contributed by atoms with van der Waals surface area (Å²) < 4.78 is 4.91. The van der Waals surface area contributed by atoms with Crippen molar-refractivity contribution in [3.63, 3.8) is 0 Å². The fourth-order valence-corrected chi connectivity index (χ4v) is 12.3. The SMILES string of the molecule is CC1(C)c2cc3c(cc2-c2ccc4ccccc4c21)c1cc(-c2ccc4c(c2)c2ccccc2n4-c2ccccc2)ccc1n3-c1ccc(-c2nc(-c3ccccc3)cc(-c3ccccc3)n2)c2ccccc12. The fraction of sp³-hybridized carbons (Fsp3) is 0.0435. The Hall–Kier alpha value is -9.38. The van der Waals surface area contributed by atoms with Crippen molar-refractivity contribution in [3.05, 3.63) is 254 Å². The quantitative estimate of drug-likeness (QED) is 0.167. The van der Waals surface area contributed by atoms with E-state index in [1.807, 2.05) is 12.1 Å². The predicted molar refractivity (Wildman–Crippen MR) is 305 cm³/mol. The normalized spacial score (nSPS) is 12.9. The van der Waals surface area contributed by atoms with Crippen LogP contribution >= 0.6 is 0 Å². The van der Waals surface area contributed by atoms with Gasteiger partial charge in [0.2, 0.25) is 0 Å². The standard InChI is InChI=1S/C69H46N4/c1-69(2)59-41-66-58(40-55(59)53-33-30-43-18-12-13-25-49(43)67(53)69)57-39-47(46-31-35-64-56(38-46)52-28-16-17-29-62(52)72(64)48-23-10-5-11-24-48)32-36-65(57)73(66)63-37-34-54(50-26-14-15-27-51(50)63)68-70-60(44-19-6-3-7-20-44)42-61(71-68)45-21-8-4-9-22-45/h3-42H,1-2H3. The number of para-hydroxylation sites is 2. The van der Waals surface area contributed by atoms with Crippen LogP contribution in [0, 0.1) is 0 Å². The maximum absolute atomic E-state index is 5.31. The topological polar surface area (TPSA) is 35.6 Å². The van der Waals surface area contributed by atoms with Gasteiger partial charge >= 0.3 is 0 Å². The number of nitrogens with zero attached hydrogens (tertiary/aromatic N) is 4. The zero-order valence-corrected chi connectivity index (χ0v) is 40.4. The molecule has 4 heteroatoms. The minimum Gasteiger partial charge on any atom is -0.309 e. The van der Waals surface area contributed by atoms with Crippen LogP contribution in [0.1, 0.15) is 25.0 Å². The average molecular weight is 931 g/mol. The van der Waals surface area contributed by atoms with E-state index >= 15 is 0 Å². The lowest BCUT2D eigenvalue weighted by Crippen LogP contribution is -2.15. The molecule has 0 radical (unpaired) electrons. The van der Waals surface area contributed by atoms with E-state index in [9.17, 15) is 0 Å². The number of aromatic nitrogens is 4. The molecular formula is C69H46N4. The summed E-state index contributed by atoms with van der Waals surface area (Å²) in [6, 6.07) is 88.4. The lowest BCUT2D eigenvalue weighted by molar-refractivity contribution is 0.667. The van der Waals surface area contributed by atoms with E-state index in [1.54, 1.807) is 0 Å². The number of hydrogen-bond acceptors (Lipinski definition) is 2. The Morgan fingerprint density at radius 3 is 1.56 bits per heavy atom. The van der Waals surface area contributed by atoms with Crippen molar-refractivity contribution in [2.24, 2.45) is 0 Å². The molecule has 0 N–H and O–H groups in total. The predicted octanol–water partition coefficient (Wildman–Crippen LogP) is 18.0. The molecule has 0 bridgehead atoms. The Labute approximate surface area is 422 Å². The van der Waals surface area contributed by atoms with E-state index in [4.69, 9.17) is 9.97 Å². The summed E-state index contributed by atoms with van der Waals surface area (Å²) in [4.78, 5) is 10.6. The summed E-state index contributed by atoms with van der Waals surface area (Å²) in [5.74, 6) is 0.697. The summed E-state index contributed by atoms with van der Waals surface area (Å²) >= 11 is 0. The Balaban J connectivity index is 0.970. The zero-order valence-electron chi connectivity index (χ0n) is 40.4. The van der Waals surface area contributed by atoms with Crippen LogP contribution < -0.4 is 0 Å². The van der Waals surface area contributed by atoms with Gasteiger partial charge < -0.3 is 9.13 Å². The second kappa shape index (κ2) is 15.8. The fourth-order valence-electron chi connectivity index (χ4n) is 12.3. The molecule has 11 aromatic carbocycles. The second-order valence-corrected chi connectivity index (χ2v) is 20.1. The first kappa shape index (κ1) is 41.4. The number of benzene rings is 11. The highest BCUT2D eigenvalue weighted by Crippen LogP contribution is 2.54. The van der Waals surface area contributed by atoms with Gasteiger partial charge in [0.05, 0.1) is 39.1 Å². The van der Waals surface area contributed by atoms with Crippen LogP contribution in [0.5, 0.6) is 0 Å². The summed E-state index contributed by atoms with van der Waals surface area (Å²) in [5, 5.41) is 9.75. The van der Waals surface area contributed by atoms with Crippen molar-refractivity contribution >= 4 is 65.2 Å². The largest absolute Gasteiger partial charge is 0.309 e. The molecule has 15 rings (SSSR count). The molecule has 1 aliphatic carbocycles. The highest BCUT2D eigenvalue weighted by molar-refractivity contribution is 6.16. The lowest BCUT2D eigenvalue weighted by Gasteiger charge is -2.23. The number of hydrogen-bond donors (Lipinski definition) is 0. The first-order valence-electron chi connectivity index (χ1n) is 25.2. The molecule has 3 heterocycles. The molecule has 0 aliphatic heterocycles. The highest BCUT2D eigenvalue weighted by atomic mass is 15.0. The van der Waals surface area contributed by atoms with Gasteiger partial charge in [-0.05, 0) is 122 Å². The van der Waals surface area contributed by atoms with E-state index in [-0.39, 0.29) is 5.41 Å². The Bertz CT molecular complexity index is 4500. The molecule has 0 amide bonds. The summed E-state index contributed by atoms with van der Waals surface area (Å²) in [6.45, 7) is 4.81. The van der Waals surface area contributed by atoms with Crippen LogP contribution in [-0.2, 0) is 5.41 Å². The molecule has 14 aromatic rings. The van der Waals surface area contributed by atoms with E-state index in [0.29, 0.717) is 5.82 Å². The molecule has 0 atom stereocenters. The third-order valence-corrected chi connectivity index (χ3v) is 15.7. The third kappa shape index (κ3) is 6.27. The minimum atomic E-state index is -0.232. The van der Waals surface area contributed by atoms with Gasteiger partial charge in [-0.2, -0.15) is 0 Å². The highest BCUT2D eigenvalue weighted by Gasteiger charge is 2.38. The molecule has 73 heavy (non-hydrogen) atoms. The second-order valence-electron chi connectivity index (χ2n) is 20.1. The molecule has 4 nitrogen and oxygen atoms in total. The lowest BCUT2D eigenvalue weighted by atomic mass is 9.80. The molecule has 0 fully saturated rings.